The van der Waals surface area contributed by atoms with Gasteiger partial charge in [0.25, 0.3) is 0 Å². The maximum atomic E-state index is 6.39. The van der Waals surface area contributed by atoms with Crippen LogP contribution in [0.25, 0.3) is 0 Å². The number of hydrogen-bond donors (Lipinski definition) is 1. The summed E-state index contributed by atoms with van der Waals surface area (Å²) in [7, 11) is 4.23. The summed E-state index contributed by atoms with van der Waals surface area (Å²) < 4.78 is 6.39. The summed E-state index contributed by atoms with van der Waals surface area (Å²) in [5.74, 6) is 1.10. The van der Waals surface area contributed by atoms with Crippen molar-refractivity contribution in [2.75, 3.05) is 27.2 Å². The molecule has 0 amide bonds. The van der Waals surface area contributed by atoms with E-state index in [1.165, 1.54) is 16.7 Å². The number of hydrogen-bond acceptors (Lipinski definition) is 3. The van der Waals surface area contributed by atoms with E-state index in [1.54, 1.807) is 0 Å². The van der Waals surface area contributed by atoms with Crippen LogP contribution >= 0.6 is 0 Å². The fourth-order valence-corrected chi connectivity index (χ4v) is 2.91. The monoisotopic (exact) mass is 290 g/mol. The van der Waals surface area contributed by atoms with Gasteiger partial charge in [0, 0.05) is 31.1 Å². The van der Waals surface area contributed by atoms with Crippen LogP contribution < -0.4 is 10.1 Å². The summed E-state index contributed by atoms with van der Waals surface area (Å²) in [6.45, 7) is 10.8. The van der Waals surface area contributed by atoms with Crippen LogP contribution in [0.5, 0.6) is 5.75 Å². The molecule has 3 nitrogen and oxygen atoms in total. The molecule has 3 heteroatoms. The minimum Gasteiger partial charge on any atom is -0.487 e. The van der Waals surface area contributed by atoms with Gasteiger partial charge in [-0.3, -0.25) is 0 Å². The molecule has 0 saturated heterocycles. The maximum Gasteiger partial charge on any atom is 0.128 e. The smallest absolute Gasteiger partial charge is 0.128 e. The molecule has 2 rings (SSSR count). The molecule has 0 aromatic heterocycles. The van der Waals surface area contributed by atoms with Gasteiger partial charge in [0.15, 0.2) is 0 Å². The molecule has 0 radical (unpaired) electrons. The number of nitrogens with one attached hydrogen (secondary N) is 1. The standard InChI is InChI=1S/C18H30N2O/c1-7-18(4)12-16(19-10-11-20(5)6)15-9-8-13(2)14(3)17(15)21-18/h8-9,16,19H,7,10-12H2,1-6H3. The van der Waals surface area contributed by atoms with Gasteiger partial charge >= 0.3 is 0 Å². The van der Waals surface area contributed by atoms with E-state index in [9.17, 15) is 0 Å². The van der Waals surface area contributed by atoms with Gasteiger partial charge in [0.05, 0.1) is 0 Å². The van der Waals surface area contributed by atoms with Crippen LogP contribution in [0.15, 0.2) is 12.1 Å². The van der Waals surface area contributed by atoms with E-state index >= 15 is 0 Å². The Balaban J connectivity index is 2.27. The Labute approximate surface area is 129 Å². The SMILES string of the molecule is CCC1(C)CC(NCCN(C)C)c2ccc(C)c(C)c2O1. The fourth-order valence-electron chi connectivity index (χ4n) is 2.91. The highest BCUT2D eigenvalue weighted by Gasteiger charge is 2.36. The summed E-state index contributed by atoms with van der Waals surface area (Å²) in [6.07, 6.45) is 2.07. The van der Waals surface area contributed by atoms with Gasteiger partial charge in [-0.05, 0) is 52.4 Å². The molecule has 1 aromatic carbocycles. The summed E-state index contributed by atoms with van der Waals surface area (Å²) >= 11 is 0. The summed E-state index contributed by atoms with van der Waals surface area (Å²) in [6, 6.07) is 4.84. The Hall–Kier alpha value is -1.06. The molecule has 0 saturated carbocycles. The summed E-state index contributed by atoms with van der Waals surface area (Å²) in [5.41, 5.74) is 3.84. The van der Waals surface area contributed by atoms with E-state index in [4.69, 9.17) is 4.74 Å². The Morgan fingerprint density at radius 1 is 1.33 bits per heavy atom. The third kappa shape index (κ3) is 3.58. The zero-order valence-corrected chi connectivity index (χ0v) is 14.4. The quantitative estimate of drug-likeness (QED) is 0.899. The molecule has 0 aliphatic carbocycles. The van der Waals surface area contributed by atoms with Crippen LogP contribution in [0.4, 0.5) is 0 Å². The van der Waals surface area contributed by atoms with E-state index in [0.717, 1.165) is 31.7 Å². The molecule has 1 heterocycles. The van der Waals surface area contributed by atoms with E-state index in [2.05, 4.69) is 64.1 Å². The Morgan fingerprint density at radius 3 is 2.67 bits per heavy atom. The Bertz CT molecular complexity index is 498. The molecule has 1 aromatic rings. The van der Waals surface area contributed by atoms with Gasteiger partial charge in [-0.2, -0.15) is 0 Å². The Kier molecular flexibility index (Phi) is 4.95. The number of fused-ring (bicyclic) bond motifs is 1. The summed E-state index contributed by atoms with van der Waals surface area (Å²) in [4.78, 5) is 2.21. The zero-order valence-electron chi connectivity index (χ0n) is 14.4. The highest BCUT2D eigenvalue weighted by molar-refractivity contribution is 5.48. The molecule has 1 N–H and O–H groups in total. The minimum absolute atomic E-state index is 0.0681. The largest absolute Gasteiger partial charge is 0.487 e. The lowest BCUT2D eigenvalue weighted by molar-refractivity contribution is 0.0431. The molecular formula is C18H30N2O. The third-order valence-corrected chi connectivity index (χ3v) is 4.76. The van der Waals surface area contributed by atoms with Gasteiger partial charge in [0.2, 0.25) is 0 Å². The first-order valence-corrected chi connectivity index (χ1v) is 8.03. The first-order chi connectivity index (χ1) is 9.86. The second-order valence-corrected chi connectivity index (χ2v) is 6.85. The Morgan fingerprint density at radius 2 is 2.05 bits per heavy atom. The predicted molar refractivity (Wildman–Crippen MR) is 89.2 cm³/mol. The van der Waals surface area contributed by atoms with Gasteiger partial charge in [-0.25, -0.2) is 0 Å². The molecule has 2 unspecified atom stereocenters. The van der Waals surface area contributed by atoms with Crippen molar-refractivity contribution in [1.82, 2.24) is 10.2 Å². The molecule has 0 fully saturated rings. The first kappa shape index (κ1) is 16.3. The van der Waals surface area contributed by atoms with Gasteiger partial charge in [0.1, 0.15) is 11.4 Å². The van der Waals surface area contributed by atoms with Crippen molar-refractivity contribution in [3.05, 3.63) is 28.8 Å². The minimum atomic E-state index is -0.0681. The van der Waals surface area contributed by atoms with E-state index in [-0.39, 0.29) is 5.60 Å². The zero-order chi connectivity index (χ0) is 15.6. The highest BCUT2D eigenvalue weighted by Crippen LogP contribution is 2.43. The molecular weight excluding hydrogens is 260 g/mol. The maximum absolute atomic E-state index is 6.39. The highest BCUT2D eigenvalue weighted by atomic mass is 16.5. The number of rotatable bonds is 5. The normalized spacial score (nSPS) is 24.8. The number of likely N-dealkylation sites (N-methyl/N-ethyl adjacent to an activating group) is 1. The van der Waals surface area contributed by atoms with E-state index < -0.39 is 0 Å². The van der Waals surface area contributed by atoms with Crippen molar-refractivity contribution < 1.29 is 4.74 Å². The van der Waals surface area contributed by atoms with Gasteiger partial charge < -0.3 is 15.0 Å². The van der Waals surface area contributed by atoms with E-state index in [1.807, 2.05) is 0 Å². The van der Waals surface area contributed by atoms with Gasteiger partial charge in [-0.15, -0.1) is 0 Å². The third-order valence-electron chi connectivity index (χ3n) is 4.76. The van der Waals surface area contributed by atoms with Crippen LogP contribution in [-0.4, -0.2) is 37.7 Å². The number of benzene rings is 1. The predicted octanol–water partition coefficient (Wildman–Crippen LogP) is 3.45. The van der Waals surface area contributed by atoms with Crippen molar-refractivity contribution in [1.29, 1.82) is 0 Å². The molecule has 0 spiro atoms. The number of ether oxygens (including phenoxy) is 1. The lowest BCUT2D eigenvalue weighted by Gasteiger charge is -2.41. The average molecular weight is 290 g/mol. The van der Waals surface area contributed by atoms with E-state index in [0.29, 0.717) is 6.04 Å². The van der Waals surface area contributed by atoms with Crippen LogP contribution in [0.2, 0.25) is 0 Å². The average Bonchev–Trinajstić information content (AvgIpc) is 2.43. The molecule has 1 aliphatic heterocycles. The van der Waals surface area contributed by atoms with Crippen LogP contribution in [0.1, 0.15) is 49.4 Å². The lowest BCUT2D eigenvalue weighted by Crippen LogP contribution is -2.42. The molecule has 118 valence electrons. The second-order valence-electron chi connectivity index (χ2n) is 6.85. The van der Waals surface area contributed by atoms with Crippen molar-refractivity contribution in [2.24, 2.45) is 0 Å². The fraction of sp³-hybridized carbons (Fsp3) is 0.667. The van der Waals surface area contributed by atoms with Crippen molar-refractivity contribution >= 4 is 0 Å². The van der Waals surface area contributed by atoms with Crippen LogP contribution in [0.3, 0.4) is 0 Å². The van der Waals surface area contributed by atoms with Gasteiger partial charge in [-0.1, -0.05) is 19.1 Å². The number of nitrogens with zero attached hydrogens (tertiary/aromatic N) is 1. The van der Waals surface area contributed by atoms with Crippen LogP contribution in [-0.2, 0) is 0 Å². The molecule has 21 heavy (non-hydrogen) atoms. The number of aryl methyl sites for hydroxylation is 1. The topological polar surface area (TPSA) is 24.5 Å². The van der Waals surface area contributed by atoms with Crippen molar-refractivity contribution in [3.63, 3.8) is 0 Å². The van der Waals surface area contributed by atoms with Crippen LogP contribution in [0, 0.1) is 13.8 Å². The lowest BCUT2D eigenvalue weighted by atomic mass is 9.85. The molecule has 2 atom stereocenters. The molecule has 1 aliphatic rings. The van der Waals surface area contributed by atoms with Crippen molar-refractivity contribution in [3.8, 4) is 5.75 Å². The first-order valence-electron chi connectivity index (χ1n) is 8.03. The van der Waals surface area contributed by atoms with Crippen molar-refractivity contribution in [2.45, 2.75) is 52.2 Å². The summed E-state index contributed by atoms with van der Waals surface area (Å²) in [5, 5.41) is 3.72. The molecule has 0 bridgehead atoms. The second kappa shape index (κ2) is 6.37.